The molecule has 2 aromatic rings. The van der Waals surface area contributed by atoms with Crippen LogP contribution in [0.25, 0.3) is 0 Å². The van der Waals surface area contributed by atoms with Gasteiger partial charge in [0.05, 0.1) is 7.11 Å². The Bertz CT molecular complexity index is 576. The van der Waals surface area contributed by atoms with Gasteiger partial charge in [0.25, 0.3) is 0 Å². The highest BCUT2D eigenvalue weighted by Crippen LogP contribution is 2.19. The molecule has 0 saturated carbocycles. The second-order valence-electron chi connectivity index (χ2n) is 4.52. The predicted octanol–water partition coefficient (Wildman–Crippen LogP) is 3.90. The summed E-state index contributed by atoms with van der Waals surface area (Å²) in [7, 11) is 1.67. The van der Waals surface area contributed by atoms with Crippen LogP contribution in [0.2, 0.25) is 0 Å². The summed E-state index contributed by atoms with van der Waals surface area (Å²) in [6.45, 7) is 2.56. The first kappa shape index (κ1) is 14.1. The minimum atomic E-state index is 0.168. The van der Waals surface area contributed by atoms with E-state index in [0.717, 1.165) is 22.6 Å². The second-order valence-corrected chi connectivity index (χ2v) is 4.52. The zero-order chi connectivity index (χ0) is 14.4. The molecular weight excluding hydrogens is 250 g/mol. The number of benzene rings is 2. The Hall–Kier alpha value is -2.29. The van der Waals surface area contributed by atoms with E-state index in [2.05, 4.69) is 5.32 Å². The van der Waals surface area contributed by atoms with Crippen molar-refractivity contribution in [3.8, 4) is 5.75 Å². The van der Waals surface area contributed by atoms with Crippen molar-refractivity contribution in [2.75, 3.05) is 12.4 Å². The fourth-order valence-electron chi connectivity index (χ4n) is 2.02. The number of ether oxygens (including phenoxy) is 1. The van der Waals surface area contributed by atoms with E-state index in [1.54, 1.807) is 7.11 Å². The Morgan fingerprint density at radius 2 is 1.80 bits per heavy atom. The number of carbonyl (C=O) groups is 1. The van der Waals surface area contributed by atoms with Crippen LogP contribution in [0.4, 0.5) is 5.69 Å². The van der Waals surface area contributed by atoms with Gasteiger partial charge >= 0.3 is 0 Å². The van der Waals surface area contributed by atoms with Crippen molar-refractivity contribution in [2.24, 2.45) is 0 Å². The first-order valence-electron chi connectivity index (χ1n) is 6.73. The summed E-state index contributed by atoms with van der Waals surface area (Å²) in [5, 5.41) is 3.33. The summed E-state index contributed by atoms with van der Waals surface area (Å²) in [6, 6.07) is 15.5. The van der Waals surface area contributed by atoms with Gasteiger partial charge in [-0.05, 0) is 30.3 Å². The van der Waals surface area contributed by atoms with Gasteiger partial charge in [0.15, 0.2) is 5.78 Å². The lowest BCUT2D eigenvalue weighted by Crippen LogP contribution is -2.02. The van der Waals surface area contributed by atoms with E-state index in [4.69, 9.17) is 4.74 Å². The SMILES string of the molecule is CCC(=O)c1ccc(NCc2ccccc2OC)cc1. The molecule has 0 atom stereocenters. The summed E-state index contributed by atoms with van der Waals surface area (Å²) < 4.78 is 5.31. The normalized spacial score (nSPS) is 10.1. The first-order valence-corrected chi connectivity index (χ1v) is 6.73. The van der Waals surface area contributed by atoms with Crippen LogP contribution >= 0.6 is 0 Å². The molecule has 0 radical (unpaired) electrons. The largest absolute Gasteiger partial charge is 0.496 e. The fraction of sp³-hybridized carbons (Fsp3) is 0.235. The Kier molecular flexibility index (Phi) is 4.77. The number of carbonyl (C=O) groups excluding carboxylic acids is 1. The van der Waals surface area contributed by atoms with Crippen molar-refractivity contribution in [1.29, 1.82) is 0 Å². The molecule has 0 bridgehead atoms. The summed E-state index contributed by atoms with van der Waals surface area (Å²) >= 11 is 0. The van der Waals surface area contributed by atoms with Gasteiger partial charge in [-0.1, -0.05) is 25.1 Å². The molecule has 0 saturated heterocycles. The molecule has 0 amide bonds. The Morgan fingerprint density at radius 3 is 2.45 bits per heavy atom. The molecule has 1 N–H and O–H groups in total. The van der Waals surface area contributed by atoms with Gasteiger partial charge in [0, 0.05) is 29.8 Å². The van der Waals surface area contributed by atoms with Crippen molar-refractivity contribution in [3.63, 3.8) is 0 Å². The van der Waals surface area contributed by atoms with Crippen molar-refractivity contribution >= 4 is 11.5 Å². The molecule has 3 nitrogen and oxygen atoms in total. The van der Waals surface area contributed by atoms with Gasteiger partial charge in [-0.2, -0.15) is 0 Å². The highest BCUT2D eigenvalue weighted by atomic mass is 16.5. The predicted molar refractivity (Wildman–Crippen MR) is 81.4 cm³/mol. The Balaban J connectivity index is 2.02. The lowest BCUT2D eigenvalue weighted by atomic mass is 10.1. The number of hydrogen-bond acceptors (Lipinski definition) is 3. The van der Waals surface area contributed by atoms with Crippen LogP contribution in [0.15, 0.2) is 48.5 Å². The maximum Gasteiger partial charge on any atom is 0.162 e. The van der Waals surface area contributed by atoms with Crippen LogP contribution in [0.5, 0.6) is 5.75 Å². The third-order valence-corrected chi connectivity index (χ3v) is 3.20. The van der Waals surface area contributed by atoms with Crippen molar-refractivity contribution in [1.82, 2.24) is 0 Å². The average molecular weight is 269 g/mol. The monoisotopic (exact) mass is 269 g/mol. The molecule has 2 aromatic carbocycles. The van der Waals surface area contributed by atoms with Crippen LogP contribution in [-0.2, 0) is 6.54 Å². The summed E-state index contributed by atoms with van der Waals surface area (Å²) in [5.41, 5.74) is 2.85. The summed E-state index contributed by atoms with van der Waals surface area (Å²) in [4.78, 5) is 11.6. The molecule has 0 aliphatic rings. The van der Waals surface area contributed by atoms with Gasteiger partial charge in [-0.15, -0.1) is 0 Å². The average Bonchev–Trinajstić information content (AvgIpc) is 2.53. The molecule has 0 spiro atoms. The van der Waals surface area contributed by atoms with E-state index in [1.807, 2.05) is 55.5 Å². The van der Waals surface area contributed by atoms with Gasteiger partial charge < -0.3 is 10.1 Å². The number of para-hydroxylation sites is 1. The van der Waals surface area contributed by atoms with Gasteiger partial charge in [0.2, 0.25) is 0 Å². The molecule has 0 fully saturated rings. The highest BCUT2D eigenvalue weighted by Gasteiger charge is 2.03. The zero-order valence-corrected chi connectivity index (χ0v) is 11.8. The quantitative estimate of drug-likeness (QED) is 0.808. The molecule has 0 heterocycles. The number of Topliss-reactive ketones (excluding diaryl/α,β-unsaturated/α-hetero) is 1. The smallest absolute Gasteiger partial charge is 0.162 e. The lowest BCUT2D eigenvalue weighted by molar-refractivity contribution is 0.0988. The number of rotatable bonds is 6. The Morgan fingerprint density at radius 1 is 1.10 bits per heavy atom. The van der Waals surface area contributed by atoms with Crippen molar-refractivity contribution in [3.05, 3.63) is 59.7 Å². The standard InChI is InChI=1S/C17H19NO2/c1-3-16(19)13-8-10-15(11-9-13)18-12-14-6-4-5-7-17(14)20-2/h4-11,18H,3,12H2,1-2H3. The number of nitrogens with one attached hydrogen (secondary N) is 1. The van der Waals surface area contributed by atoms with E-state index in [1.165, 1.54) is 0 Å². The molecule has 0 aliphatic heterocycles. The Labute approximate surface area is 119 Å². The van der Waals surface area contributed by atoms with E-state index < -0.39 is 0 Å². The van der Waals surface area contributed by atoms with Crippen LogP contribution in [0.1, 0.15) is 29.3 Å². The molecule has 2 rings (SSSR count). The van der Waals surface area contributed by atoms with Crippen molar-refractivity contribution < 1.29 is 9.53 Å². The maximum absolute atomic E-state index is 11.6. The number of ketones is 1. The molecule has 0 aliphatic carbocycles. The van der Waals surface area contributed by atoms with E-state index >= 15 is 0 Å². The molecule has 0 aromatic heterocycles. The van der Waals surface area contributed by atoms with E-state index in [0.29, 0.717) is 13.0 Å². The van der Waals surface area contributed by atoms with Crippen LogP contribution in [0, 0.1) is 0 Å². The van der Waals surface area contributed by atoms with Crippen LogP contribution in [0.3, 0.4) is 0 Å². The molecule has 104 valence electrons. The van der Waals surface area contributed by atoms with Crippen LogP contribution < -0.4 is 10.1 Å². The molecule has 3 heteroatoms. The summed E-state index contributed by atoms with van der Waals surface area (Å²) in [5.74, 6) is 1.04. The van der Waals surface area contributed by atoms with E-state index in [-0.39, 0.29) is 5.78 Å². The number of hydrogen-bond donors (Lipinski definition) is 1. The minimum Gasteiger partial charge on any atom is -0.496 e. The van der Waals surface area contributed by atoms with Gasteiger partial charge in [-0.3, -0.25) is 4.79 Å². The molecule has 0 unspecified atom stereocenters. The fourth-order valence-corrected chi connectivity index (χ4v) is 2.02. The van der Waals surface area contributed by atoms with Crippen molar-refractivity contribution in [2.45, 2.75) is 19.9 Å². The third kappa shape index (κ3) is 3.38. The number of methoxy groups -OCH3 is 1. The van der Waals surface area contributed by atoms with Gasteiger partial charge in [-0.25, -0.2) is 0 Å². The van der Waals surface area contributed by atoms with Crippen LogP contribution in [-0.4, -0.2) is 12.9 Å². The molecular formula is C17H19NO2. The lowest BCUT2D eigenvalue weighted by Gasteiger charge is -2.10. The maximum atomic E-state index is 11.6. The summed E-state index contributed by atoms with van der Waals surface area (Å²) in [6.07, 6.45) is 0.536. The molecule has 20 heavy (non-hydrogen) atoms. The highest BCUT2D eigenvalue weighted by molar-refractivity contribution is 5.96. The topological polar surface area (TPSA) is 38.3 Å². The third-order valence-electron chi connectivity index (χ3n) is 3.20. The van der Waals surface area contributed by atoms with Gasteiger partial charge in [0.1, 0.15) is 5.75 Å². The zero-order valence-electron chi connectivity index (χ0n) is 11.8. The second kappa shape index (κ2) is 6.75. The minimum absolute atomic E-state index is 0.168. The first-order chi connectivity index (χ1) is 9.74. The van der Waals surface area contributed by atoms with E-state index in [9.17, 15) is 4.79 Å². The number of anilines is 1.